The number of fused-ring (bicyclic) bond motifs is 1. The highest BCUT2D eigenvalue weighted by molar-refractivity contribution is 5.80. The lowest BCUT2D eigenvalue weighted by atomic mass is 10.0. The molecule has 0 bridgehead atoms. The van der Waals surface area contributed by atoms with Crippen LogP contribution < -0.4 is 5.56 Å². The van der Waals surface area contributed by atoms with E-state index in [9.17, 15) is 4.79 Å². The summed E-state index contributed by atoms with van der Waals surface area (Å²) >= 11 is 0. The van der Waals surface area contributed by atoms with Gasteiger partial charge in [-0.05, 0) is 17.5 Å². The number of aromatic nitrogens is 3. The van der Waals surface area contributed by atoms with Crippen LogP contribution in [0, 0.1) is 0 Å². The molecule has 2 aromatic rings. The Hall–Kier alpha value is -1.71. The van der Waals surface area contributed by atoms with Gasteiger partial charge in [-0.3, -0.25) is 9.78 Å². The van der Waals surface area contributed by atoms with Crippen LogP contribution in [0.2, 0.25) is 0 Å². The van der Waals surface area contributed by atoms with Crippen LogP contribution in [0.25, 0.3) is 10.9 Å². The topological polar surface area (TPSA) is 58.6 Å². The third kappa shape index (κ3) is 1.28. The van der Waals surface area contributed by atoms with E-state index in [0.29, 0.717) is 16.8 Å². The Balaban J connectivity index is 2.91. The number of nitrogens with zero attached hydrogens (tertiary/aromatic N) is 2. The zero-order valence-corrected chi connectivity index (χ0v) is 8.11. The predicted molar refractivity (Wildman–Crippen MR) is 54.2 cm³/mol. The van der Waals surface area contributed by atoms with Crippen molar-refractivity contribution >= 4 is 10.9 Å². The molecule has 4 heteroatoms. The molecule has 0 spiro atoms. The number of aromatic amines is 1. The SMILES string of the molecule is CC(C)c1ccnc2cn[nH]c(=O)c12. The molecule has 72 valence electrons. The molecule has 1 N–H and O–H groups in total. The van der Waals surface area contributed by atoms with Crippen LogP contribution in [-0.2, 0) is 0 Å². The second kappa shape index (κ2) is 3.21. The van der Waals surface area contributed by atoms with E-state index in [1.54, 1.807) is 12.4 Å². The lowest BCUT2D eigenvalue weighted by molar-refractivity contribution is 0.869. The summed E-state index contributed by atoms with van der Waals surface area (Å²) in [5.74, 6) is 0.309. The van der Waals surface area contributed by atoms with Crippen molar-refractivity contribution < 1.29 is 0 Å². The highest BCUT2D eigenvalue weighted by atomic mass is 16.1. The van der Waals surface area contributed by atoms with Crippen LogP contribution in [-0.4, -0.2) is 15.2 Å². The van der Waals surface area contributed by atoms with Gasteiger partial charge in [0.2, 0.25) is 0 Å². The zero-order chi connectivity index (χ0) is 10.1. The fraction of sp³-hybridized carbons (Fsp3) is 0.300. The maximum Gasteiger partial charge on any atom is 0.273 e. The number of hydrogen-bond acceptors (Lipinski definition) is 3. The zero-order valence-electron chi connectivity index (χ0n) is 8.11. The van der Waals surface area contributed by atoms with Crippen molar-refractivity contribution in [2.75, 3.05) is 0 Å². The van der Waals surface area contributed by atoms with Gasteiger partial charge in [-0.1, -0.05) is 13.8 Å². The Morgan fingerprint density at radius 2 is 2.21 bits per heavy atom. The summed E-state index contributed by atoms with van der Waals surface area (Å²) in [6.45, 7) is 4.10. The normalized spacial score (nSPS) is 11.1. The van der Waals surface area contributed by atoms with Gasteiger partial charge < -0.3 is 0 Å². The lowest BCUT2D eigenvalue weighted by Crippen LogP contribution is -2.11. The van der Waals surface area contributed by atoms with Crippen molar-refractivity contribution in [3.05, 3.63) is 34.4 Å². The number of nitrogens with one attached hydrogen (secondary N) is 1. The molecule has 14 heavy (non-hydrogen) atoms. The summed E-state index contributed by atoms with van der Waals surface area (Å²) in [7, 11) is 0. The lowest BCUT2D eigenvalue weighted by Gasteiger charge is -2.06. The Kier molecular flexibility index (Phi) is 2.04. The molecule has 0 aliphatic carbocycles. The molecule has 0 aliphatic heterocycles. The molecule has 0 amide bonds. The average molecular weight is 189 g/mol. The van der Waals surface area contributed by atoms with Crippen molar-refractivity contribution in [2.45, 2.75) is 19.8 Å². The van der Waals surface area contributed by atoms with E-state index in [4.69, 9.17) is 0 Å². The quantitative estimate of drug-likeness (QED) is 0.738. The molecule has 0 aromatic carbocycles. The van der Waals surface area contributed by atoms with Crippen LogP contribution in [0.15, 0.2) is 23.3 Å². The summed E-state index contributed by atoms with van der Waals surface area (Å²) in [5.41, 5.74) is 1.50. The number of rotatable bonds is 1. The smallest absolute Gasteiger partial charge is 0.267 e. The second-order valence-corrected chi connectivity index (χ2v) is 3.51. The third-order valence-electron chi connectivity index (χ3n) is 2.21. The van der Waals surface area contributed by atoms with Crippen LogP contribution in [0.4, 0.5) is 0 Å². The molecule has 0 saturated heterocycles. The van der Waals surface area contributed by atoms with Crippen LogP contribution in [0.3, 0.4) is 0 Å². The van der Waals surface area contributed by atoms with E-state index in [1.807, 2.05) is 6.07 Å². The summed E-state index contributed by atoms with van der Waals surface area (Å²) in [6, 6.07) is 1.88. The fourth-order valence-electron chi connectivity index (χ4n) is 1.53. The molecule has 4 nitrogen and oxygen atoms in total. The van der Waals surface area contributed by atoms with Gasteiger partial charge in [0.25, 0.3) is 5.56 Å². The second-order valence-electron chi connectivity index (χ2n) is 3.51. The van der Waals surface area contributed by atoms with Gasteiger partial charge in [0.1, 0.15) is 0 Å². The van der Waals surface area contributed by atoms with Crippen LogP contribution in [0.5, 0.6) is 0 Å². The first kappa shape index (κ1) is 8.87. The molecule has 2 heterocycles. The maximum absolute atomic E-state index is 11.5. The standard InChI is InChI=1S/C10H11N3O/c1-6(2)7-3-4-11-8-5-12-13-10(14)9(7)8/h3-6H,1-2H3,(H,13,14). The predicted octanol–water partition coefficient (Wildman–Crippen LogP) is 1.44. The number of hydrogen-bond donors (Lipinski definition) is 1. The molecule has 0 fully saturated rings. The first-order valence-corrected chi connectivity index (χ1v) is 4.52. The van der Waals surface area contributed by atoms with E-state index in [-0.39, 0.29) is 5.56 Å². The summed E-state index contributed by atoms with van der Waals surface area (Å²) in [4.78, 5) is 15.6. The Labute approximate surface area is 81.0 Å². The first-order valence-electron chi connectivity index (χ1n) is 4.52. The monoisotopic (exact) mass is 189 g/mol. The highest BCUT2D eigenvalue weighted by Crippen LogP contribution is 2.19. The minimum absolute atomic E-state index is 0.167. The molecule has 0 atom stereocenters. The Morgan fingerprint density at radius 1 is 1.43 bits per heavy atom. The molecule has 2 rings (SSSR count). The molecule has 0 radical (unpaired) electrons. The van der Waals surface area contributed by atoms with Crippen LogP contribution in [0.1, 0.15) is 25.3 Å². The van der Waals surface area contributed by atoms with Gasteiger partial charge in [0, 0.05) is 6.20 Å². The third-order valence-corrected chi connectivity index (χ3v) is 2.21. The van der Waals surface area contributed by atoms with Gasteiger partial charge in [-0.25, -0.2) is 5.10 Å². The van der Waals surface area contributed by atoms with E-state index >= 15 is 0 Å². The highest BCUT2D eigenvalue weighted by Gasteiger charge is 2.08. The van der Waals surface area contributed by atoms with Crippen molar-refractivity contribution in [2.24, 2.45) is 0 Å². The number of H-pyrrole nitrogens is 1. The molecular formula is C10H11N3O. The minimum Gasteiger partial charge on any atom is -0.267 e. The van der Waals surface area contributed by atoms with Crippen LogP contribution >= 0.6 is 0 Å². The van der Waals surface area contributed by atoms with Crippen molar-refractivity contribution in [3.63, 3.8) is 0 Å². The van der Waals surface area contributed by atoms with E-state index in [1.165, 1.54) is 0 Å². The van der Waals surface area contributed by atoms with E-state index in [0.717, 1.165) is 5.56 Å². The van der Waals surface area contributed by atoms with Gasteiger partial charge >= 0.3 is 0 Å². The minimum atomic E-state index is -0.167. The van der Waals surface area contributed by atoms with Crippen molar-refractivity contribution in [1.82, 2.24) is 15.2 Å². The van der Waals surface area contributed by atoms with Crippen molar-refractivity contribution in [1.29, 1.82) is 0 Å². The van der Waals surface area contributed by atoms with Gasteiger partial charge in [-0.2, -0.15) is 5.10 Å². The Morgan fingerprint density at radius 3 is 2.93 bits per heavy atom. The Bertz CT molecular complexity index is 511. The first-order chi connectivity index (χ1) is 6.70. The largest absolute Gasteiger partial charge is 0.273 e. The fourth-order valence-corrected chi connectivity index (χ4v) is 1.53. The van der Waals surface area contributed by atoms with Gasteiger partial charge in [-0.15, -0.1) is 0 Å². The van der Waals surface area contributed by atoms with E-state index in [2.05, 4.69) is 29.0 Å². The average Bonchev–Trinajstić information content (AvgIpc) is 2.17. The molecular weight excluding hydrogens is 178 g/mol. The summed E-state index contributed by atoms with van der Waals surface area (Å²) in [5, 5.41) is 6.79. The van der Waals surface area contributed by atoms with Gasteiger partial charge in [0.15, 0.2) is 0 Å². The number of pyridine rings is 1. The van der Waals surface area contributed by atoms with Crippen molar-refractivity contribution in [3.8, 4) is 0 Å². The summed E-state index contributed by atoms with van der Waals surface area (Å²) < 4.78 is 0. The molecule has 2 aromatic heterocycles. The summed E-state index contributed by atoms with van der Waals surface area (Å²) in [6.07, 6.45) is 3.28. The molecule has 0 aliphatic rings. The molecule has 0 saturated carbocycles. The van der Waals surface area contributed by atoms with E-state index < -0.39 is 0 Å². The van der Waals surface area contributed by atoms with Gasteiger partial charge in [0.05, 0.1) is 17.1 Å². The molecule has 0 unspecified atom stereocenters. The maximum atomic E-state index is 11.5.